The summed E-state index contributed by atoms with van der Waals surface area (Å²) in [5.41, 5.74) is 0.978. The summed E-state index contributed by atoms with van der Waals surface area (Å²) >= 11 is 1.45. The van der Waals surface area contributed by atoms with Crippen LogP contribution in [0.25, 0.3) is 0 Å². The first-order valence-corrected chi connectivity index (χ1v) is 13.2. The SMILES string of the molecule is COc1ccc(SN(CCC#N)CC(O)C(Cc2ccccc2)NC(=O)OC2COC3OCCC23)cc1. The molecule has 4 rings (SSSR count). The second kappa shape index (κ2) is 13.7. The molecule has 198 valence electrons. The van der Waals surface area contributed by atoms with Crippen molar-refractivity contribution in [2.45, 2.75) is 48.7 Å². The highest BCUT2D eigenvalue weighted by Gasteiger charge is 2.44. The van der Waals surface area contributed by atoms with E-state index in [9.17, 15) is 9.90 Å². The van der Waals surface area contributed by atoms with Gasteiger partial charge in [-0.15, -0.1) is 0 Å². The first-order valence-electron chi connectivity index (χ1n) is 12.4. The molecule has 2 aromatic carbocycles. The second-order valence-electron chi connectivity index (χ2n) is 9.04. The van der Waals surface area contributed by atoms with E-state index in [1.807, 2.05) is 58.9 Å². The maximum Gasteiger partial charge on any atom is 0.407 e. The minimum atomic E-state index is -0.917. The molecule has 0 bridgehead atoms. The molecule has 2 fully saturated rings. The lowest BCUT2D eigenvalue weighted by Gasteiger charge is -2.29. The van der Waals surface area contributed by atoms with E-state index < -0.39 is 18.2 Å². The number of aliphatic hydroxyl groups excluding tert-OH is 1. The molecule has 0 radical (unpaired) electrons. The Morgan fingerprint density at radius 2 is 2.03 bits per heavy atom. The van der Waals surface area contributed by atoms with E-state index in [1.165, 1.54) is 11.9 Å². The molecular weight excluding hydrogens is 494 g/mol. The van der Waals surface area contributed by atoms with E-state index in [0.29, 0.717) is 32.6 Å². The third kappa shape index (κ3) is 7.84. The third-order valence-electron chi connectivity index (χ3n) is 6.47. The van der Waals surface area contributed by atoms with Crippen molar-refractivity contribution in [3.63, 3.8) is 0 Å². The van der Waals surface area contributed by atoms with Gasteiger partial charge in [0.25, 0.3) is 0 Å². The van der Waals surface area contributed by atoms with Gasteiger partial charge in [-0.1, -0.05) is 30.3 Å². The average molecular weight is 528 g/mol. The predicted octanol–water partition coefficient (Wildman–Crippen LogP) is 3.38. The van der Waals surface area contributed by atoms with E-state index in [4.69, 9.17) is 24.2 Å². The number of aliphatic hydroxyl groups is 1. The summed E-state index contributed by atoms with van der Waals surface area (Å²) < 4.78 is 23.9. The van der Waals surface area contributed by atoms with Crippen LogP contribution < -0.4 is 10.1 Å². The number of amides is 1. The van der Waals surface area contributed by atoms with E-state index >= 15 is 0 Å². The van der Waals surface area contributed by atoms with Crippen molar-refractivity contribution in [2.75, 3.05) is 33.4 Å². The monoisotopic (exact) mass is 527 g/mol. The number of hydrogen-bond donors (Lipinski definition) is 2. The highest BCUT2D eigenvalue weighted by molar-refractivity contribution is 7.97. The fourth-order valence-electron chi connectivity index (χ4n) is 4.49. The van der Waals surface area contributed by atoms with Gasteiger partial charge in [-0.3, -0.25) is 0 Å². The van der Waals surface area contributed by atoms with Gasteiger partial charge in [-0.2, -0.15) is 5.26 Å². The zero-order chi connectivity index (χ0) is 26.0. The van der Waals surface area contributed by atoms with Gasteiger partial charge < -0.3 is 29.4 Å². The molecule has 0 aliphatic carbocycles. The molecule has 0 saturated carbocycles. The molecule has 5 unspecified atom stereocenters. The maximum atomic E-state index is 12.9. The second-order valence-corrected chi connectivity index (χ2v) is 10.2. The van der Waals surface area contributed by atoms with Crippen molar-refractivity contribution >= 4 is 18.0 Å². The van der Waals surface area contributed by atoms with Crippen LogP contribution in [0.2, 0.25) is 0 Å². The Balaban J connectivity index is 1.42. The Labute approximate surface area is 221 Å². The normalized spacial score (nSPS) is 22.2. The lowest BCUT2D eigenvalue weighted by atomic mass is 10.0. The standard InChI is InChI=1S/C27H33N3O6S/c1-33-20-8-10-21(11-9-20)37-30(14-5-13-28)17-24(31)23(16-19-6-3-2-4-7-19)29-27(32)36-25-18-35-26-22(25)12-15-34-26/h2-4,6-11,22-26,31H,5,12,14-18H2,1H3,(H,29,32). The number of rotatable bonds is 12. The van der Waals surface area contributed by atoms with Gasteiger partial charge in [0, 0.05) is 24.4 Å². The molecule has 2 aromatic rings. The van der Waals surface area contributed by atoms with Gasteiger partial charge in [-0.05, 0) is 54.6 Å². The van der Waals surface area contributed by atoms with Crippen molar-refractivity contribution in [1.29, 1.82) is 5.26 Å². The maximum absolute atomic E-state index is 12.9. The zero-order valence-electron chi connectivity index (χ0n) is 20.8. The van der Waals surface area contributed by atoms with Gasteiger partial charge in [0.1, 0.15) is 11.9 Å². The fourth-order valence-corrected chi connectivity index (χ4v) is 5.46. The molecule has 0 spiro atoms. The summed E-state index contributed by atoms with van der Waals surface area (Å²) in [7, 11) is 1.61. The van der Waals surface area contributed by atoms with Gasteiger partial charge in [-0.25, -0.2) is 9.10 Å². The molecule has 2 N–H and O–H groups in total. The molecule has 10 heteroatoms. The van der Waals surface area contributed by atoms with Gasteiger partial charge in [0.05, 0.1) is 44.5 Å². The van der Waals surface area contributed by atoms with Crippen molar-refractivity contribution in [1.82, 2.24) is 9.62 Å². The number of nitrogens with zero attached hydrogens (tertiary/aromatic N) is 2. The first-order chi connectivity index (χ1) is 18.1. The minimum Gasteiger partial charge on any atom is -0.497 e. The summed E-state index contributed by atoms with van der Waals surface area (Å²) in [6, 6.07) is 18.8. The van der Waals surface area contributed by atoms with Crippen molar-refractivity contribution in [2.24, 2.45) is 5.92 Å². The average Bonchev–Trinajstić information content (AvgIpc) is 3.53. The van der Waals surface area contributed by atoms with Gasteiger partial charge in [0.2, 0.25) is 0 Å². The Kier molecular flexibility index (Phi) is 10.0. The lowest BCUT2D eigenvalue weighted by molar-refractivity contribution is -0.0907. The highest BCUT2D eigenvalue weighted by atomic mass is 32.2. The summed E-state index contributed by atoms with van der Waals surface area (Å²) in [6.45, 7) is 1.59. The number of fused-ring (bicyclic) bond motifs is 1. The molecule has 2 saturated heterocycles. The van der Waals surface area contributed by atoms with E-state index in [1.54, 1.807) is 7.11 Å². The molecule has 1 amide bonds. The van der Waals surface area contributed by atoms with Crippen LogP contribution in [0.15, 0.2) is 59.5 Å². The Hall–Kier alpha value is -2.81. The third-order valence-corrected chi connectivity index (χ3v) is 7.54. The van der Waals surface area contributed by atoms with Gasteiger partial charge >= 0.3 is 6.09 Å². The molecule has 5 atom stereocenters. The highest BCUT2D eigenvalue weighted by Crippen LogP contribution is 2.33. The zero-order valence-corrected chi connectivity index (χ0v) is 21.6. The van der Waals surface area contributed by atoms with E-state index in [0.717, 1.165) is 22.6 Å². The molecule has 2 aliphatic rings. The Bertz CT molecular complexity index is 1030. The molecular formula is C27H33N3O6S. The predicted molar refractivity (Wildman–Crippen MR) is 138 cm³/mol. The quantitative estimate of drug-likeness (QED) is 0.401. The molecule has 0 aromatic heterocycles. The van der Waals surface area contributed by atoms with Crippen molar-refractivity contribution in [3.05, 3.63) is 60.2 Å². The summed E-state index contributed by atoms with van der Waals surface area (Å²) in [5.74, 6) is 0.785. The van der Waals surface area contributed by atoms with Crippen LogP contribution in [0.1, 0.15) is 18.4 Å². The number of hydrogen-bond acceptors (Lipinski definition) is 9. The summed E-state index contributed by atoms with van der Waals surface area (Å²) in [6.07, 6.45) is -0.679. The number of ether oxygens (including phenoxy) is 4. The van der Waals surface area contributed by atoms with Crippen molar-refractivity contribution < 1.29 is 28.8 Å². The smallest absolute Gasteiger partial charge is 0.407 e. The summed E-state index contributed by atoms with van der Waals surface area (Å²) in [4.78, 5) is 13.8. The molecule has 2 heterocycles. The van der Waals surface area contributed by atoms with Crippen LogP contribution in [0.5, 0.6) is 5.75 Å². The molecule has 9 nitrogen and oxygen atoms in total. The number of carbonyl (C=O) groups is 1. The number of alkyl carbamates (subject to hydrolysis) is 1. The lowest BCUT2D eigenvalue weighted by Crippen LogP contribution is -2.49. The van der Waals surface area contributed by atoms with Crippen LogP contribution in [0.4, 0.5) is 4.79 Å². The summed E-state index contributed by atoms with van der Waals surface area (Å²) in [5, 5.41) is 23.3. The number of nitrogens with one attached hydrogen (secondary N) is 1. The van der Waals surface area contributed by atoms with Crippen LogP contribution in [0, 0.1) is 17.2 Å². The number of benzene rings is 2. The van der Waals surface area contributed by atoms with Crippen LogP contribution in [-0.2, 0) is 20.6 Å². The number of methoxy groups -OCH3 is 1. The molecule has 37 heavy (non-hydrogen) atoms. The van der Waals surface area contributed by atoms with Crippen molar-refractivity contribution in [3.8, 4) is 11.8 Å². The van der Waals surface area contributed by atoms with Gasteiger partial charge in [0.15, 0.2) is 6.29 Å². The largest absolute Gasteiger partial charge is 0.497 e. The fraction of sp³-hybridized carbons (Fsp3) is 0.481. The molecule has 2 aliphatic heterocycles. The van der Waals surface area contributed by atoms with E-state index in [2.05, 4.69) is 11.4 Å². The van der Waals surface area contributed by atoms with Crippen LogP contribution in [0.3, 0.4) is 0 Å². The number of nitriles is 1. The first kappa shape index (κ1) is 27.2. The topological polar surface area (TPSA) is 113 Å². The van der Waals surface area contributed by atoms with E-state index in [-0.39, 0.29) is 24.9 Å². The Morgan fingerprint density at radius 1 is 1.24 bits per heavy atom. The minimum absolute atomic E-state index is 0.0330. The number of carbonyl (C=O) groups excluding carboxylic acids is 1. The Morgan fingerprint density at radius 3 is 2.76 bits per heavy atom. The van der Waals surface area contributed by atoms with Crippen LogP contribution in [-0.4, -0.2) is 73.5 Å². The van der Waals surface area contributed by atoms with Crippen LogP contribution >= 0.6 is 11.9 Å².